The smallest absolute Gasteiger partial charge is 0.410 e. The summed E-state index contributed by atoms with van der Waals surface area (Å²) in [5, 5.41) is 10.8. The number of carbonyl (C=O) groups is 1. The molecule has 1 aliphatic rings. The fourth-order valence-electron chi connectivity index (χ4n) is 2.88. The zero-order chi connectivity index (χ0) is 18.9. The van der Waals surface area contributed by atoms with E-state index in [1.165, 1.54) is 12.1 Å². The van der Waals surface area contributed by atoms with Gasteiger partial charge in [0.15, 0.2) is 5.82 Å². The summed E-state index contributed by atoms with van der Waals surface area (Å²) in [6, 6.07) is 3.29. The summed E-state index contributed by atoms with van der Waals surface area (Å²) in [7, 11) is 0. The monoisotopic (exact) mass is 353 g/mol. The lowest BCUT2D eigenvalue weighted by Crippen LogP contribution is -2.59. The maximum atomic E-state index is 14.3. The van der Waals surface area contributed by atoms with Crippen molar-refractivity contribution in [2.75, 3.05) is 18.0 Å². The van der Waals surface area contributed by atoms with Gasteiger partial charge in [-0.3, -0.25) is 10.1 Å². The summed E-state index contributed by atoms with van der Waals surface area (Å²) in [4.78, 5) is 25.9. The van der Waals surface area contributed by atoms with Crippen LogP contribution in [0.15, 0.2) is 18.2 Å². The molecular formula is C17H24FN3O4. The maximum absolute atomic E-state index is 14.3. The molecule has 1 heterocycles. The minimum Gasteiger partial charge on any atom is -0.444 e. The fourth-order valence-corrected chi connectivity index (χ4v) is 2.88. The molecule has 0 N–H and O–H groups in total. The van der Waals surface area contributed by atoms with Gasteiger partial charge in [0, 0.05) is 31.2 Å². The first-order valence-electron chi connectivity index (χ1n) is 8.20. The van der Waals surface area contributed by atoms with E-state index in [2.05, 4.69) is 0 Å². The quantitative estimate of drug-likeness (QED) is 0.600. The topological polar surface area (TPSA) is 75.9 Å². The number of non-ortho nitro benzene ring substituents is 1. The average molecular weight is 353 g/mol. The second-order valence-corrected chi connectivity index (χ2v) is 7.38. The van der Waals surface area contributed by atoms with Crippen LogP contribution in [0.3, 0.4) is 0 Å². The Hall–Kier alpha value is -2.38. The average Bonchev–Trinajstić information content (AvgIpc) is 2.47. The Kier molecular flexibility index (Phi) is 5.20. The number of nitro benzene ring substituents is 1. The number of hydrogen-bond acceptors (Lipinski definition) is 5. The Labute approximate surface area is 146 Å². The first kappa shape index (κ1) is 19.0. The zero-order valence-corrected chi connectivity index (χ0v) is 15.2. The normalized spacial score (nSPS) is 21.2. The number of hydrogen-bond donors (Lipinski definition) is 0. The van der Waals surface area contributed by atoms with Crippen molar-refractivity contribution in [2.24, 2.45) is 0 Å². The molecule has 7 nitrogen and oxygen atoms in total. The molecule has 1 saturated heterocycles. The summed E-state index contributed by atoms with van der Waals surface area (Å²) in [6.07, 6.45) is -0.393. The van der Waals surface area contributed by atoms with Crippen molar-refractivity contribution < 1.29 is 18.8 Å². The summed E-state index contributed by atoms with van der Waals surface area (Å²) >= 11 is 0. The largest absolute Gasteiger partial charge is 0.444 e. The molecule has 0 aromatic heterocycles. The van der Waals surface area contributed by atoms with Crippen molar-refractivity contribution in [2.45, 2.75) is 52.3 Å². The van der Waals surface area contributed by atoms with E-state index in [0.717, 1.165) is 6.07 Å². The van der Waals surface area contributed by atoms with Gasteiger partial charge in [-0.05, 0) is 40.7 Å². The van der Waals surface area contributed by atoms with E-state index in [0.29, 0.717) is 18.8 Å². The Balaban J connectivity index is 2.17. The van der Waals surface area contributed by atoms with Crippen molar-refractivity contribution in [3.63, 3.8) is 0 Å². The van der Waals surface area contributed by atoms with Gasteiger partial charge in [0.2, 0.25) is 0 Å². The van der Waals surface area contributed by atoms with Crippen molar-refractivity contribution in [1.82, 2.24) is 4.90 Å². The molecule has 1 aliphatic heterocycles. The van der Waals surface area contributed by atoms with Crippen molar-refractivity contribution in [3.05, 3.63) is 34.1 Å². The van der Waals surface area contributed by atoms with Gasteiger partial charge in [-0.1, -0.05) is 0 Å². The van der Waals surface area contributed by atoms with E-state index in [9.17, 15) is 19.3 Å². The van der Waals surface area contributed by atoms with Crippen LogP contribution in [-0.4, -0.2) is 46.7 Å². The maximum Gasteiger partial charge on any atom is 0.410 e. The molecule has 0 bridgehead atoms. The number of piperazine rings is 1. The van der Waals surface area contributed by atoms with E-state index in [1.54, 1.807) is 4.90 Å². The molecule has 2 atom stereocenters. The lowest BCUT2D eigenvalue weighted by Gasteiger charge is -2.45. The van der Waals surface area contributed by atoms with Crippen LogP contribution in [0.4, 0.5) is 20.6 Å². The standard InChI is InChI=1S/C17H24FN3O4/c1-11-10-20(16(22)25-17(3,4)5)12(2)9-19(11)15-7-6-13(21(23)24)8-14(15)18/h6-8,11-12H,9-10H2,1-5H3/t11-,12+/m1/s1. The summed E-state index contributed by atoms with van der Waals surface area (Å²) in [6.45, 7) is 9.96. The van der Waals surface area contributed by atoms with Crippen molar-refractivity contribution in [3.8, 4) is 0 Å². The number of benzene rings is 1. The van der Waals surface area contributed by atoms with Crippen LogP contribution in [0.5, 0.6) is 0 Å². The summed E-state index contributed by atoms with van der Waals surface area (Å²) in [5.74, 6) is -0.640. The van der Waals surface area contributed by atoms with Crippen LogP contribution in [-0.2, 0) is 4.74 Å². The molecular weight excluding hydrogens is 329 g/mol. The highest BCUT2D eigenvalue weighted by Gasteiger charge is 2.35. The van der Waals surface area contributed by atoms with Crippen LogP contribution in [0.2, 0.25) is 0 Å². The van der Waals surface area contributed by atoms with Crippen LogP contribution >= 0.6 is 0 Å². The van der Waals surface area contributed by atoms with E-state index in [4.69, 9.17) is 4.74 Å². The van der Waals surface area contributed by atoms with E-state index >= 15 is 0 Å². The number of ether oxygens (including phenoxy) is 1. The summed E-state index contributed by atoms with van der Waals surface area (Å²) in [5.41, 5.74) is -0.565. The van der Waals surface area contributed by atoms with Gasteiger partial charge in [0.1, 0.15) is 5.60 Å². The van der Waals surface area contributed by atoms with Gasteiger partial charge in [-0.15, -0.1) is 0 Å². The summed E-state index contributed by atoms with van der Waals surface area (Å²) < 4.78 is 19.7. The van der Waals surface area contributed by atoms with Crippen molar-refractivity contribution in [1.29, 1.82) is 0 Å². The van der Waals surface area contributed by atoms with Crippen LogP contribution in [0.1, 0.15) is 34.6 Å². The molecule has 25 heavy (non-hydrogen) atoms. The third-order valence-corrected chi connectivity index (χ3v) is 4.07. The predicted octanol–water partition coefficient (Wildman–Crippen LogP) is 3.57. The number of amides is 1. The van der Waals surface area contributed by atoms with Gasteiger partial charge in [0.25, 0.3) is 5.69 Å². The molecule has 0 aliphatic carbocycles. The molecule has 0 saturated carbocycles. The molecule has 8 heteroatoms. The Morgan fingerprint density at radius 2 is 1.92 bits per heavy atom. The lowest BCUT2D eigenvalue weighted by molar-refractivity contribution is -0.385. The first-order chi connectivity index (χ1) is 11.5. The molecule has 1 aromatic rings. The molecule has 0 spiro atoms. The van der Waals surface area contributed by atoms with E-state index < -0.39 is 22.4 Å². The van der Waals surface area contributed by atoms with Crippen molar-refractivity contribution >= 4 is 17.5 Å². The molecule has 138 valence electrons. The Bertz CT molecular complexity index is 674. The third kappa shape index (κ3) is 4.37. The van der Waals surface area contributed by atoms with E-state index in [-0.39, 0.29) is 17.8 Å². The third-order valence-electron chi connectivity index (χ3n) is 4.07. The number of halogens is 1. The first-order valence-corrected chi connectivity index (χ1v) is 8.20. The van der Waals surface area contributed by atoms with E-state index in [1.807, 2.05) is 39.5 Å². The molecule has 0 radical (unpaired) electrons. The lowest BCUT2D eigenvalue weighted by atomic mass is 10.1. The van der Waals surface area contributed by atoms with Gasteiger partial charge >= 0.3 is 6.09 Å². The molecule has 2 rings (SSSR count). The minimum absolute atomic E-state index is 0.153. The Morgan fingerprint density at radius 1 is 1.28 bits per heavy atom. The SMILES string of the molecule is C[C@@H]1CN(C(=O)OC(C)(C)C)[C@@H](C)CN1c1ccc([N+](=O)[O-])cc1F. The van der Waals surface area contributed by atoms with Gasteiger partial charge < -0.3 is 14.5 Å². The second-order valence-electron chi connectivity index (χ2n) is 7.38. The van der Waals surface area contributed by atoms with Gasteiger partial charge in [-0.2, -0.15) is 0 Å². The Morgan fingerprint density at radius 3 is 2.44 bits per heavy atom. The molecule has 1 fully saturated rings. The number of nitrogens with zero attached hydrogens (tertiary/aromatic N) is 3. The van der Waals surface area contributed by atoms with Gasteiger partial charge in [-0.25, -0.2) is 9.18 Å². The minimum atomic E-state index is -0.640. The number of carbonyl (C=O) groups excluding carboxylic acids is 1. The number of anilines is 1. The highest BCUT2D eigenvalue weighted by atomic mass is 19.1. The molecule has 1 amide bonds. The van der Waals surface area contributed by atoms with Gasteiger partial charge in [0.05, 0.1) is 16.7 Å². The number of nitro groups is 1. The number of rotatable bonds is 2. The molecule has 0 unspecified atom stereocenters. The van der Waals surface area contributed by atoms with Crippen LogP contribution in [0.25, 0.3) is 0 Å². The van der Waals surface area contributed by atoms with Crippen LogP contribution in [0, 0.1) is 15.9 Å². The second kappa shape index (κ2) is 6.85. The highest BCUT2D eigenvalue weighted by Crippen LogP contribution is 2.29. The predicted molar refractivity (Wildman–Crippen MR) is 92.3 cm³/mol. The van der Waals surface area contributed by atoms with Crippen LogP contribution < -0.4 is 4.90 Å². The highest BCUT2D eigenvalue weighted by molar-refractivity contribution is 5.69. The fraction of sp³-hybridized carbons (Fsp3) is 0.588. The molecule has 1 aromatic carbocycles. The zero-order valence-electron chi connectivity index (χ0n) is 15.2.